The molecule has 1 heterocycles. The molecule has 0 saturated heterocycles. The number of rotatable bonds is 7. The molecule has 0 aliphatic carbocycles. The molecule has 0 saturated carbocycles. The number of nitrogens with one attached hydrogen (secondary N) is 1. The molecule has 0 spiro atoms. The zero-order valence-corrected chi connectivity index (χ0v) is 11.8. The molecule has 1 aromatic rings. The zero-order valence-electron chi connectivity index (χ0n) is 11.8. The summed E-state index contributed by atoms with van der Waals surface area (Å²) >= 11 is 0. The van der Waals surface area contributed by atoms with Crippen LogP contribution in [0.5, 0.6) is 5.88 Å². The molecule has 5 heteroatoms. The van der Waals surface area contributed by atoms with Crippen LogP contribution in [0.4, 0.5) is 0 Å². The predicted molar refractivity (Wildman–Crippen MR) is 73.2 cm³/mol. The highest BCUT2D eigenvalue weighted by atomic mass is 16.5. The fraction of sp³-hybridized carbons (Fsp3) is 0.571. The van der Waals surface area contributed by atoms with E-state index >= 15 is 0 Å². The van der Waals surface area contributed by atoms with Crippen molar-refractivity contribution in [2.75, 3.05) is 20.3 Å². The maximum Gasteiger partial charge on any atom is 0.256 e. The van der Waals surface area contributed by atoms with Crippen LogP contribution in [0, 0.1) is 5.41 Å². The predicted octanol–water partition coefficient (Wildman–Crippen LogP) is 1.62. The molecule has 1 amide bonds. The number of amides is 1. The maximum atomic E-state index is 11.9. The molecule has 0 bridgehead atoms. The van der Waals surface area contributed by atoms with Crippen molar-refractivity contribution in [1.82, 2.24) is 10.3 Å². The highest BCUT2D eigenvalue weighted by molar-refractivity contribution is 5.96. The summed E-state index contributed by atoms with van der Waals surface area (Å²) in [5.74, 6) is 0.141. The first kappa shape index (κ1) is 15.4. The summed E-state index contributed by atoms with van der Waals surface area (Å²) < 4.78 is 5.04. The van der Waals surface area contributed by atoms with Gasteiger partial charge in [0.2, 0.25) is 5.88 Å². The lowest BCUT2D eigenvalue weighted by Gasteiger charge is -2.21. The van der Waals surface area contributed by atoms with Crippen LogP contribution < -0.4 is 10.1 Å². The molecule has 0 aliphatic rings. The van der Waals surface area contributed by atoms with E-state index in [1.165, 1.54) is 7.11 Å². The van der Waals surface area contributed by atoms with Crippen molar-refractivity contribution >= 4 is 5.91 Å². The van der Waals surface area contributed by atoms with Gasteiger partial charge in [0.25, 0.3) is 5.91 Å². The summed E-state index contributed by atoms with van der Waals surface area (Å²) in [5, 5.41) is 12.0. The van der Waals surface area contributed by atoms with Gasteiger partial charge in [-0.3, -0.25) is 4.79 Å². The fourth-order valence-corrected chi connectivity index (χ4v) is 1.67. The Morgan fingerprint density at radius 1 is 1.53 bits per heavy atom. The zero-order chi connectivity index (χ0) is 14.3. The number of carbonyl (C=O) groups is 1. The van der Waals surface area contributed by atoms with Gasteiger partial charge in [0, 0.05) is 19.3 Å². The summed E-state index contributed by atoms with van der Waals surface area (Å²) in [5.41, 5.74) is 0.336. The van der Waals surface area contributed by atoms with E-state index in [4.69, 9.17) is 9.84 Å². The van der Waals surface area contributed by atoms with Crippen molar-refractivity contribution in [3.8, 4) is 5.88 Å². The molecule has 0 aromatic carbocycles. The van der Waals surface area contributed by atoms with Crippen LogP contribution in [0.1, 0.15) is 37.0 Å². The maximum absolute atomic E-state index is 11.9. The van der Waals surface area contributed by atoms with Gasteiger partial charge < -0.3 is 15.2 Å². The van der Waals surface area contributed by atoms with Gasteiger partial charge in [-0.1, -0.05) is 13.8 Å². The van der Waals surface area contributed by atoms with Crippen molar-refractivity contribution in [3.63, 3.8) is 0 Å². The quantitative estimate of drug-likeness (QED) is 0.736. The second kappa shape index (κ2) is 7.09. The topological polar surface area (TPSA) is 71.5 Å². The summed E-state index contributed by atoms with van der Waals surface area (Å²) in [7, 11) is 1.49. The number of hydrogen-bond acceptors (Lipinski definition) is 4. The number of pyridine rings is 1. The molecule has 0 fully saturated rings. The third-order valence-corrected chi connectivity index (χ3v) is 2.95. The first-order valence-corrected chi connectivity index (χ1v) is 6.38. The van der Waals surface area contributed by atoms with Gasteiger partial charge >= 0.3 is 0 Å². The minimum atomic E-state index is -0.188. The lowest BCUT2D eigenvalue weighted by atomic mass is 9.89. The van der Waals surface area contributed by atoms with Crippen LogP contribution in [0.15, 0.2) is 18.3 Å². The van der Waals surface area contributed by atoms with Crippen LogP contribution in [-0.4, -0.2) is 36.3 Å². The van der Waals surface area contributed by atoms with E-state index in [9.17, 15) is 4.79 Å². The molecule has 5 nitrogen and oxygen atoms in total. The molecule has 106 valence electrons. The molecular formula is C14H22N2O3. The van der Waals surface area contributed by atoms with E-state index in [-0.39, 0.29) is 17.9 Å². The molecule has 0 unspecified atom stereocenters. The van der Waals surface area contributed by atoms with E-state index in [0.29, 0.717) is 18.0 Å². The van der Waals surface area contributed by atoms with Crippen LogP contribution in [0.2, 0.25) is 0 Å². The van der Waals surface area contributed by atoms with Crippen molar-refractivity contribution in [2.45, 2.75) is 26.7 Å². The van der Waals surface area contributed by atoms with E-state index in [0.717, 1.165) is 12.8 Å². The minimum Gasteiger partial charge on any atom is -0.480 e. The van der Waals surface area contributed by atoms with Crippen molar-refractivity contribution < 1.29 is 14.6 Å². The molecule has 1 rings (SSSR count). The Labute approximate surface area is 114 Å². The SMILES string of the molecule is COc1ncccc1C(=O)NCCCC(C)(C)CO. The average Bonchev–Trinajstić information content (AvgIpc) is 2.43. The van der Waals surface area contributed by atoms with Gasteiger partial charge in [-0.25, -0.2) is 4.98 Å². The average molecular weight is 266 g/mol. The van der Waals surface area contributed by atoms with Gasteiger partial charge in [0.15, 0.2) is 0 Å². The molecule has 0 atom stereocenters. The van der Waals surface area contributed by atoms with E-state index in [1.807, 2.05) is 13.8 Å². The second-order valence-electron chi connectivity index (χ2n) is 5.24. The summed E-state index contributed by atoms with van der Waals surface area (Å²) in [4.78, 5) is 15.9. The summed E-state index contributed by atoms with van der Waals surface area (Å²) in [6.45, 7) is 4.72. The van der Waals surface area contributed by atoms with E-state index in [1.54, 1.807) is 18.3 Å². The first-order chi connectivity index (χ1) is 9.00. The van der Waals surface area contributed by atoms with Gasteiger partial charge in [-0.05, 0) is 30.4 Å². The van der Waals surface area contributed by atoms with Crippen LogP contribution >= 0.6 is 0 Å². The highest BCUT2D eigenvalue weighted by Gasteiger charge is 2.16. The lowest BCUT2D eigenvalue weighted by Crippen LogP contribution is -2.27. The number of aliphatic hydroxyl groups is 1. The fourth-order valence-electron chi connectivity index (χ4n) is 1.67. The number of carbonyl (C=O) groups excluding carboxylic acids is 1. The normalized spacial score (nSPS) is 11.2. The van der Waals surface area contributed by atoms with Crippen molar-refractivity contribution in [3.05, 3.63) is 23.9 Å². The smallest absolute Gasteiger partial charge is 0.256 e. The van der Waals surface area contributed by atoms with E-state index in [2.05, 4.69) is 10.3 Å². The number of methoxy groups -OCH3 is 1. The number of nitrogens with zero attached hydrogens (tertiary/aromatic N) is 1. The molecule has 19 heavy (non-hydrogen) atoms. The third-order valence-electron chi connectivity index (χ3n) is 2.95. The molecular weight excluding hydrogens is 244 g/mol. The standard InChI is InChI=1S/C14H22N2O3/c1-14(2,10-17)7-5-9-15-12(18)11-6-4-8-16-13(11)19-3/h4,6,8,17H,5,7,9-10H2,1-3H3,(H,15,18). The number of ether oxygens (including phenoxy) is 1. The van der Waals surface area contributed by atoms with Crippen LogP contribution in [0.25, 0.3) is 0 Å². The van der Waals surface area contributed by atoms with Crippen LogP contribution in [0.3, 0.4) is 0 Å². The van der Waals surface area contributed by atoms with Crippen LogP contribution in [-0.2, 0) is 0 Å². The Hall–Kier alpha value is -1.62. The summed E-state index contributed by atoms with van der Waals surface area (Å²) in [6.07, 6.45) is 3.26. The Balaban J connectivity index is 2.44. The Kier molecular flexibility index (Phi) is 5.76. The van der Waals surface area contributed by atoms with Gasteiger partial charge in [-0.15, -0.1) is 0 Å². The largest absolute Gasteiger partial charge is 0.480 e. The second-order valence-corrected chi connectivity index (χ2v) is 5.24. The van der Waals surface area contributed by atoms with E-state index < -0.39 is 0 Å². The Morgan fingerprint density at radius 2 is 2.26 bits per heavy atom. The van der Waals surface area contributed by atoms with Crippen molar-refractivity contribution in [2.24, 2.45) is 5.41 Å². The van der Waals surface area contributed by atoms with Crippen molar-refractivity contribution in [1.29, 1.82) is 0 Å². The molecule has 1 aromatic heterocycles. The number of hydrogen-bond donors (Lipinski definition) is 2. The molecule has 2 N–H and O–H groups in total. The van der Waals surface area contributed by atoms with Gasteiger partial charge in [0.05, 0.1) is 7.11 Å². The Morgan fingerprint density at radius 3 is 2.89 bits per heavy atom. The third kappa shape index (κ3) is 4.87. The lowest BCUT2D eigenvalue weighted by molar-refractivity contribution is 0.0944. The Bertz CT molecular complexity index is 419. The van der Waals surface area contributed by atoms with Gasteiger partial charge in [0.1, 0.15) is 5.56 Å². The molecule has 0 aliphatic heterocycles. The first-order valence-electron chi connectivity index (χ1n) is 6.38. The minimum absolute atomic E-state index is 0.100. The summed E-state index contributed by atoms with van der Waals surface area (Å²) in [6, 6.07) is 3.38. The molecule has 0 radical (unpaired) electrons. The highest BCUT2D eigenvalue weighted by Crippen LogP contribution is 2.20. The monoisotopic (exact) mass is 266 g/mol. The number of aromatic nitrogens is 1. The number of aliphatic hydroxyl groups excluding tert-OH is 1. The van der Waals surface area contributed by atoms with Gasteiger partial charge in [-0.2, -0.15) is 0 Å².